The van der Waals surface area contributed by atoms with E-state index in [0.717, 1.165) is 91.3 Å². The van der Waals surface area contributed by atoms with E-state index >= 15 is 0 Å². The molecular weight excluding hydrogens is 975 g/mol. The van der Waals surface area contributed by atoms with Crippen molar-refractivity contribution in [2.45, 2.75) is 71.4 Å². The second kappa shape index (κ2) is 25.7. The number of carboxylic acid groups (broad SMARTS) is 1. The summed E-state index contributed by atoms with van der Waals surface area (Å²) in [6.07, 6.45) is 9.72. The predicted octanol–water partition coefficient (Wildman–Crippen LogP) is 12.9. The molecular formula is C61H63N7O9. The molecule has 0 radical (unpaired) electrons. The fourth-order valence-electron chi connectivity index (χ4n) is 9.00. The first-order valence-corrected chi connectivity index (χ1v) is 25.9. The first kappa shape index (κ1) is 54.6. The zero-order chi connectivity index (χ0) is 54.4. The lowest BCUT2D eigenvalue weighted by Gasteiger charge is -2.24. The number of methoxy groups -OCH3 is 2. The van der Waals surface area contributed by atoms with Crippen molar-refractivity contribution in [3.63, 3.8) is 0 Å². The number of carbonyl (C=O) groups excluding carboxylic acids is 1. The van der Waals surface area contributed by atoms with Crippen LogP contribution in [0.2, 0.25) is 0 Å². The molecule has 16 nitrogen and oxygen atoms in total. The summed E-state index contributed by atoms with van der Waals surface area (Å²) in [5, 5.41) is 35.9. The van der Waals surface area contributed by atoms with Crippen molar-refractivity contribution in [1.29, 1.82) is 10.5 Å². The fraction of sp³-hybridized carbons (Fsp3) is 0.311. The topological polar surface area (TPSA) is 218 Å². The fourth-order valence-corrected chi connectivity index (χ4v) is 9.00. The van der Waals surface area contributed by atoms with E-state index in [9.17, 15) is 25.2 Å². The van der Waals surface area contributed by atoms with Crippen LogP contribution in [-0.4, -0.2) is 98.2 Å². The zero-order valence-corrected chi connectivity index (χ0v) is 44.3. The number of aromatic carboxylic acids is 1. The summed E-state index contributed by atoms with van der Waals surface area (Å²) in [6, 6.07) is 34.1. The minimum absolute atomic E-state index is 0.0750. The van der Waals surface area contributed by atoms with Gasteiger partial charge in [0.25, 0.3) is 5.91 Å². The van der Waals surface area contributed by atoms with E-state index in [1.807, 2.05) is 67.6 Å². The number of carboxylic acids is 1. The summed E-state index contributed by atoms with van der Waals surface area (Å²) < 4.78 is 34.4. The average Bonchev–Trinajstić information content (AvgIpc) is 4.15. The van der Waals surface area contributed by atoms with Crippen molar-refractivity contribution in [3.05, 3.63) is 132 Å². The number of nitrogens with zero attached hydrogens (tertiary/aromatic N) is 5. The van der Waals surface area contributed by atoms with Gasteiger partial charge in [-0.2, -0.15) is 10.5 Å². The Morgan fingerprint density at radius 2 is 1.06 bits per heavy atom. The number of nitriles is 2. The van der Waals surface area contributed by atoms with Gasteiger partial charge in [-0.3, -0.25) is 14.8 Å². The van der Waals surface area contributed by atoms with Crippen LogP contribution in [-0.2, 0) is 9.47 Å². The smallest absolute Gasteiger partial charge is 0.335 e. The molecule has 0 bridgehead atoms. The minimum atomic E-state index is -1.04. The van der Waals surface area contributed by atoms with E-state index in [2.05, 4.69) is 46.6 Å². The number of amides is 1. The number of carbonyl (C=O) groups is 2. The molecule has 0 spiro atoms. The lowest BCUT2D eigenvalue weighted by atomic mass is 10.0. The molecule has 3 N–H and O–H groups in total. The molecule has 0 atom stereocenters. The Bertz CT molecular complexity index is 3450. The largest absolute Gasteiger partial charge is 0.496 e. The van der Waals surface area contributed by atoms with Crippen molar-refractivity contribution in [3.8, 4) is 68.5 Å². The average molecular weight is 1040 g/mol. The Labute approximate surface area is 448 Å². The van der Waals surface area contributed by atoms with Crippen LogP contribution >= 0.6 is 0 Å². The van der Waals surface area contributed by atoms with Crippen molar-refractivity contribution in [2.24, 2.45) is 0 Å². The molecule has 2 saturated heterocycles. The maximum Gasteiger partial charge on any atom is 0.335 e. The summed E-state index contributed by atoms with van der Waals surface area (Å²) in [7, 11) is 4.82. The Kier molecular flexibility index (Phi) is 18.2. The monoisotopic (exact) mass is 1040 g/mol. The Hall–Kier alpha value is -8.70. The van der Waals surface area contributed by atoms with E-state index in [1.165, 1.54) is 32.1 Å². The molecule has 6 heterocycles. The Morgan fingerprint density at radius 3 is 1.47 bits per heavy atom. The van der Waals surface area contributed by atoms with Crippen molar-refractivity contribution in [1.82, 2.24) is 14.9 Å². The van der Waals surface area contributed by atoms with Crippen LogP contribution in [0.3, 0.4) is 0 Å². The number of ether oxygens (including phenoxy) is 4. The van der Waals surface area contributed by atoms with Gasteiger partial charge in [-0.15, -0.1) is 0 Å². The van der Waals surface area contributed by atoms with E-state index in [4.69, 9.17) is 27.8 Å². The number of nitrogens with one attached hydrogen (secondary N) is 2. The first-order chi connectivity index (χ1) is 37.5. The molecule has 0 aliphatic carbocycles. The molecule has 10 rings (SSSR count). The lowest BCUT2D eigenvalue weighted by Crippen LogP contribution is -2.28. The normalized spacial score (nSPS) is 13.5. The van der Waals surface area contributed by atoms with Gasteiger partial charge in [0.1, 0.15) is 46.2 Å². The van der Waals surface area contributed by atoms with Gasteiger partial charge in [0.15, 0.2) is 11.2 Å². The molecule has 16 heteroatoms. The molecule has 0 saturated carbocycles. The highest BCUT2D eigenvalue weighted by Crippen LogP contribution is 2.40. The number of pyridine rings is 2. The van der Waals surface area contributed by atoms with E-state index in [0.29, 0.717) is 80.1 Å². The number of unbranched alkanes of at least 4 members (excludes halogenated alkanes) is 1. The first-order valence-electron chi connectivity index (χ1n) is 25.9. The summed E-state index contributed by atoms with van der Waals surface area (Å²) in [5.41, 5.74) is 10.6. The van der Waals surface area contributed by atoms with E-state index in [-0.39, 0.29) is 17.5 Å². The summed E-state index contributed by atoms with van der Waals surface area (Å²) in [5.74, 6) is 0.905. The summed E-state index contributed by atoms with van der Waals surface area (Å²) in [4.78, 5) is 34.5. The van der Waals surface area contributed by atoms with E-state index < -0.39 is 5.97 Å². The molecule has 0 unspecified atom stereocenters. The van der Waals surface area contributed by atoms with Gasteiger partial charge in [0, 0.05) is 93.3 Å². The summed E-state index contributed by atoms with van der Waals surface area (Å²) >= 11 is 0. The van der Waals surface area contributed by atoms with Crippen molar-refractivity contribution >= 4 is 45.5 Å². The number of benzene rings is 4. The number of fused-ring (bicyclic) bond motifs is 2. The standard InChI is InChI=1S/C30H30N4O4.C27H23N3O5.C4H10/c1-4-34(2)30(35)20-5-7-24(27(16-20)36-3)28-17-26-29(38-28)23(9-12-32-26)19-6-8-25(21(15-19)18-31)33-22-10-13-37-14-11-22;1-33-24-13-17(27(31)32)2-4-21(24)25-14-23-26(35-25)20(6-9-29-23)16-3-5-22(18(12-16)15-28)30-19-7-10-34-11-8-19;1-3-4-2/h5-9,12,15-17,22,33H,4,10-11,13-14H2,1-3H3;2-6,9,12-14,19,30H,7-8,10-11H2,1H3,(H,31,32);3-4H2,1-2H3. The number of anilines is 2. The van der Waals surface area contributed by atoms with Crippen LogP contribution in [0, 0.1) is 22.7 Å². The molecule has 2 aliphatic heterocycles. The molecule has 77 heavy (non-hydrogen) atoms. The third kappa shape index (κ3) is 12.7. The van der Waals surface area contributed by atoms with Crippen LogP contribution in [0.5, 0.6) is 11.5 Å². The zero-order valence-electron chi connectivity index (χ0n) is 44.3. The van der Waals surface area contributed by atoms with Gasteiger partial charge in [-0.05, 0) is 117 Å². The SMILES string of the molecule is CCCC.CCN(C)C(=O)c1ccc(-c2cc3nccc(-c4ccc(NC5CCOCC5)c(C#N)c4)c3o2)c(OC)c1.COc1cc(C(=O)O)ccc1-c1cc2nccc(-c3ccc(NC4CCOCC4)c(C#N)c3)c2o1. The van der Waals surface area contributed by atoms with Crippen LogP contribution < -0.4 is 20.1 Å². The van der Waals surface area contributed by atoms with Crippen molar-refractivity contribution in [2.75, 3.05) is 64.9 Å². The van der Waals surface area contributed by atoms with Gasteiger partial charge >= 0.3 is 5.97 Å². The molecule has 8 aromatic rings. The van der Waals surface area contributed by atoms with Gasteiger partial charge in [-0.25, -0.2) is 4.79 Å². The number of furan rings is 2. The van der Waals surface area contributed by atoms with Gasteiger partial charge < -0.3 is 48.4 Å². The molecule has 2 aliphatic rings. The maximum atomic E-state index is 12.6. The molecule has 396 valence electrons. The summed E-state index contributed by atoms with van der Waals surface area (Å²) in [6.45, 7) is 9.80. The molecule has 4 aromatic heterocycles. The highest BCUT2D eigenvalue weighted by molar-refractivity contribution is 5.97. The highest BCUT2D eigenvalue weighted by Gasteiger charge is 2.22. The van der Waals surface area contributed by atoms with Gasteiger partial charge in [0.2, 0.25) is 0 Å². The molecule has 2 fully saturated rings. The molecule has 4 aromatic carbocycles. The van der Waals surface area contributed by atoms with E-state index in [1.54, 1.807) is 55.7 Å². The van der Waals surface area contributed by atoms with Crippen molar-refractivity contribution < 1.29 is 42.5 Å². The minimum Gasteiger partial charge on any atom is -0.496 e. The molecule has 1 amide bonds. The maximum absolute atomic E-state index is 12.6. The number of hydrogen-bond donors (Lipinski definition) is 3. The Balaban J connectivity index is 0.000000191. The van der Waals surface area contributed by atoms with Crippen LogP contribution in [0.15, 0.2) is 118 Å². The third-order valence-electron chi connectivity index (χ3n) is 13.6. The number of hydrogen-bond acceptors (Lipinski definition) is 14. The van der Waals surface area contributed by atoms with Gasteiger partial charge in [0.05, 0.1) is 53.4 Å². The van der Waals surface area contributed by atoms with Crippen LogP contribution in [0.1, 0.15) is 91.1 Å². The second-order valence-corrected chi connectivity index (χ2v) is 18.6. The highest BCUT2D eigenvalue weighted by atomic mass is 16.5. The second-order valence-electron chi connectivity index (χ2n) is 18.6. The van der Waals surface area contributed by atoms with Gasteiger partial charge in [-0.1, -0.05) is 38.8 Å². The third-order valence-corrected chi connectivity index (χ3v) is 13.6. The number of rotatable bonds is 14. The Morgan fingerprint density at radius 1 is 0.623 bits per heavy atom. The van der Waals surface area contributed by atoms with Crippen LogP contribution in [0.25, 0.3) is 67.1 Å². The number of aromatic nitrogens is 2. The van der Waals surface area contributed by atoms with Crippen LogP contribution in [0.4, 0.5) is 11.4 Å². The quantitative estimate of drug-likeness (QED) is 0.0922. The predicted molar refractivity (Wildman–Crippen MR) is 297 cm³/mol. The lowest BCUT2D eigenvalue weighted by molar-refractivity contribution is 0.0695.